The van der Waals surface area contributed by atoms with E-state index < -0.39 is 5.60 Å². The molecule has 0 spiro atoms. The Kier molecular flexibility index (Phi) is 4.36. The van der Waals surface area contributed by atoms with Gasteiger partial charge in [0.1, 0.15) is 0 Å². The Bertz CT molecular complexity index is 530. The van der Waals surface area contributed by atoms with E-state index in [4.69, 9.17) is 0 Å². The van der Waals surface area contributed by atoms with Crippen molar-refractivity contribution in [1.82, 2.24) is 14.7 Å². The maximum Gasteiger partial charge on any atom is 0.0920 e. The van der Waals surface area contributed by atoms with Crippen molar-refractivity contribution in [2.24, 2.45) is 0 Å². The second kappa shape index (κ2) is 6.41. The van der Waals surface area contributed by atoms with Gasteiger partial charge in [0.05, 0.1) is 5.60 Å². The van der Waals surface area contributed by atoms with Crippen LogP contribution < -0.4 is 0 Å². The molecule has 2 aromatic rings. The molecule has 1 aromatic carbocycles. The molecule has 1 N–H and O–H groups in total. The average molecular weight is 285 g/mol. The zero-order valence-corrected chi connectivity index (χ0v) is 12.4. The molecule has 0 bridgehead atoms. The third-order valence-corrected chi connectivity index (χ3v) is 4.42. The van der Waals surface area contributed by atoms with E-state index in [1.165, 1.54) is 0 Å². The minimum Gasteiger partial charge on any atom is -0.385 e. The predicted octanol–water partition coefficient (Wildman–Crippen LogP) is 2.26. The minimum atomic E-state index is -0.639. The third-order valence-electron chi connectivity index (χ3n) is 4.42. The molecule has 1 aliphatic rings. The largest absolute Gasteiger partial charge is 0.385 e. The lowest BCUT2D eigenvalue weighted by molar-refractivity contribution is -0.0262. The lowest BCUT2D eigenvalue weighted by Crippen LogP contribution is -2.43. The molecule has 112 valence electrons. The molecule has 3 rings (SSSR count). The van der Waals surface area contributed by atoms with E-state index in [1.54, 1.807) is 0 Å². The molecule has 0 radical (unpaired) electrons. The van der Waals surface area contributed by atoms with Gasteiger partial charge in [-0.15, -0.1) is 0 Å². The van der Waals surface area contributed by atoms with Gasteiger partial charge in [0.2, 0.25) is 0 Å². The van der Waals surface area contributed by atoms with E-state index in [9.17, 15) is 5.11 Å². The molecule has 0 atom stereocenters. The Morgan fingerprint density at radius 1 is 1.05 bits per heavy atom. The molecule has 4 nitrogen and oxygen atoms in total. The van der Waals surface area contributed by atoms with Gasteiger partial charge < -0.3 is 10.0 Å². The van der Waals surface area contributed by atoms with E-state index >= 15 is 0 Å². The molecule has 0 unspecified atom stereocenters. The molecular weight excluding hydrogens is 262 g/mol. The average Bonchev–Trinajstić information content (AvgIpc) is 3.04. The summed E-state index contributed by atoms with van der Waals surface area (Å²) in [6, 6.07) is 12.0. The normalized spacial score (nSPS) is 18.7. The number of aryl methyl sites for hydroxylation is 1. The lowest BCUT2D eigenvalue weighted by atomic mass is 9.84. The van der Waals surface area contributed by atoms with Crippen LogP contribution >= 0.6 is 0 Å². The van der Waals surface area contributed by atoms with Gasteiger partial charge in [0.25, 0.3) is 0 Å². The molecular formula is C17H23N3O. The summed E-state index contributed by atoms with van der Waals surface area (Å²) in [5.74, 6) is 0. The molecule has 4 heteroatoms. The van der Waals surface area contributed by atoms with Gasteiger partial charge in [-0.25, -0.2) is 0 Å². The Morgan fingerprint density at radius 3 is 2.48 bits per heavy atom. The molecule has 1 aliphatic heterocycles. The van der Waals surface area contributed by atoms with E-state index in [1.807, 2.05) is 53.5 Å². The number of aromatic nitrogens is 2. The van der Waals surface area contributed by atoms with Gasteiger partial charge in [0, 0.05) is 32.0 Å². The Labute approximate surface area is 126 Å². The van der Waals surface area contributed by atoms with Crippen LogP contribution in [-0.2, 0) is 12.1 Å². The predicted molar refractivity (Wildman–Crippen MR) is 82.9 cm³/mol. The van der Waals surface area contributed by atoms with Gasteiger partial charge in [-0.1, -0.05) is 30.3 Å². The fraction of sp³-hybridized carbons (Fsp3) is 0.471. The third kappa shape index (κ3) is 3.52. The first-order chi connectivity index (χ1) is 10.3. The smallest absolute Gasteiger partial charge is 0.0920 e. The zero-order valence-electron chi connectivity index (χ0n) is 12.4. The maximum absolute atomic E-state index is 10.8. The second-order valence-corrected chi connectivity index (χ2v) is 5.86. The molecule has 0 aliphatic carbocycles. The van der Waals surface area contributed by atoms with E-state index in [2.05, 4.69) is 10.00 Å². The standard InChI is InChI=1S/C17H23N3O/c21-17(16-6-2-1-3-7-16)8-14-19(15-9-17)11-5-13-20-12-4-10-18-20/h1-4,6-7,10,12,21H,5,8-9,11,13-15H2. The molecule has 21 heavy (non-hydrogen) atoms. The summed E-state index contributed by atoms with van der Waals surface area (Å²) in [7, 11) is 0. The molecule has 1 saturated heterocycles. The highest BCUT2D eigenvalue weighted by atomic mass is 16.3. The fourth-order valence-corrected chi connectivity index (χ4v) is 3.07. The maximum atomic E-state index is 10.8. The second-order valence-electron chi connectivity index (χ2n) is 5.86. The van der Waals surface area contributed by atoms with Crippen LogP contribution in [0.15, 0.2) is 48.8 Å². The minimum absolute atomic E-state index is 0.639. The van der Waals surface area contributed by atoms with Crippen LogP contribution in [-0.4, -0.2) is 39.4 Å². The first kappa shape index (κ1) is 14.3. The van der Waals surface area contributed by atoms with E-state index in [0.29, 0.717) is 0 Å². The van der Waals surface area contributed by atoms with Crippen molar-refractivity contribution in [3.63, 3.8) is 0 Å². The van der Waals surface area contributed by atoms with Crippen LogP contribution in [0.2, 0.25) is 0 Å². The summed E-state index contributed by atoms with van der Waals surface area (Å²) in [6.45, 7) is 3.96. The molecule has 0 amide bonds. The van der Waals surface area contributed by atoms with Crippen LogP contribution in [0.5, 0.6) is 0 Å². The number of hydrogen-bond acceptors (Lipinski definition) is 3. The van der Waals surface area contributed by atoms with E-state index in [-0.39, 0.29) is 0 Å². The number of piperidine rings is 1. The molecule has 2 heterocycles. The Hall–Kier alpha value is -1.65. The summed E-state index contributed by atoms with van der Waals surface area (Å²) in [6.07, 6.45) is 6.56. The molecule has 0 saturated carbocycles. The summed E-state index contributed by atoms with van der Waals surface area (Å²) < 4.78 is 1.98. The topological polar surface area (TPSA) is 41.3 Å². The van der Waals surface area contributed by atoms with Crippen LogP contribution in [0.3, 0.4) is 0 Å². The monoisotopic (exact) mass is 285 g/mol. The van der Waals surface area contributed by atoms with Crippen molar-refractivity contribution in [1.29, 1.82) is 0 Å². The molecule has 1 aromatic heterocycles. The van der Waals surface area contributed by atoms with Crippen LogP contribution in [0.25, 0.3) is 0 Å². The number of aliphatic hydroxyl groups is 1. The van der Waals surface area contributed by atoms with Crippen molar-refractivity contribution in [3.05, 3.63) is 54.4 Å². The number of benzene rings is 1. The van der Waals surface area contributed by atoms with E-state index in [0.717, 1.165) is 51.0 Å². The van der Waals surface area contributed by atoms with Crippen molar-refractivity contribution >= 4 is 0 Å². The Balaban J connectivity index is 1.46. The van der Waals surface area contributed by atoms with Crippen LogP contribution in [0.1, 0.15) is 24.8 Å². The highest BCUT2D eigenvalue weighted by Crippen LogP contribution is 2.32. The van der Waals surface area contributed by atoms with Crippen molar-refractivity contribution in [2.75, 3.05) is 19.6 Å². The number of nitrogens with zero attached hydrogens (tertiary/aromatic N) is 3. The van der Waals surface area contributed by atoms with Gasteiger partial charge in [0.15, 0.2) is 0 Å². The quantitative estimate of drug-likeness (QED) is 0.916. The van der Waals surface area contributed by atoms with Gasteiger partial charge in [-0.2, -0.15) is 5.10 Å². The summed E-state index contributed by atoms with van der Waals surface area (Å²) >= 11 is 0. The summed E-state index contributed by atoms with van der Waals surface area (Å²) in [5, 5.41) is 15.0. The lowest BCUT2D eigenvalue weighted by Gasteiger charge is -2.38. The van der Waals surface area contributed by atoms with Crippen molar-refractivity contribution in [2.45, 2.75) is 31.4 Å². The van der Waals surface area contributed by atoms with Crippen LogP contribution in [0, 0.1) is 0 Å². The highest BCUT2D eigenvalue weighted by Gasteiger charge is 2.33. The van der Waals surface area contributed by atoms with Gasteiger partial charge in [-0.3, -0.25) is 4.68 Å². The molecule has 1 fully saturated rings. The van der Waals surface area contributed by atoms with Crippen LogP contribution in [0.4, 0.5) is 0 Å². The SMILES string of the molecule is OC1(c2ccccc2)CCN(CCCn2cccn2)CC1. The summed E-state index contributed by atoms with van der Waals surface area (Å²) in [5.41, 5.74) is 0.418. The number of hydrogen-bond donors (Lipinski definition) is 1. The summed E-state index contributed by atoms with van der Waals surface area (Å²) in [4.78, 5) is 2.45. The van der Waals surface area contributed by atoms with Gasteiger partial charge >= 0.3 is 0 Å². The highest BCUT2D eigenvalue weighted by molar-refractivity contribution is 5.22. The van der Waals surface area contributed by atoms with Gasteiger partial charge in [-0.05, 0) is 37.4 Å². The van der Waals surface area contributed by atoms with Crippen molar-refractivity contribution in [3.8, 4) is 0 Å². The number of likely N-dealkylation sites (tertiary alicyclic amines) is 1. The number of rotatable bonds is 5. The fourth-order valence-electron chi connectivity index (χ4n) is 3.07. The first-order valence-corrected chi connectivity index (χ1v) is 7.74. The Morgan fingerprint density at radius 2 is 1.81 bits per heavy atom. The van der Waals surface area contributed by atoms with Crippen molar-refractivity contribution < 1.29 is 5.11 Å². The first-order valence-electron chi connectivity index (χ1n) is 7.74. The zero-order chi connectivity index (χ0) is 14.5.